The zero-order valence-electron chi connectivity index (χ0n) is 32.3. The number of nitrogens with zero attached hydrogens (tertiary/aromatic N) is 1. The van der Waals surface area contributed by atoms with Crippen LogP contribution < -0.4 is 30.7 Å². The highest BCUT2D eigenvalue weighted by molar-refractivity contribution is 5.97. The molecule has 0 saturated heterocycles. The molecule has 1 heterocycles. The lowest BCUT2D eigenvalue weighted by Crippen LogP contribution is -2.42. The summed E-state index contributed by atoms with van der Waals surface area (Å²) in [6.45, 7) is 3.86. The molecule has 2 bridgehead atoms. The number of benzene rings is 2. The van der Waals surface area contributed by atoms with E-state index in [1.807, 2.05) is 37.4 Å². The van der Waals surface area contributed by atoms with Crippen molar-refractivity contribution in [1.29, 1.82) is 0 Å². The Kier molecular flexibility index (Phi) is 14.7. The highest BCUT2D eigenvalue weighted by Crippen LogP contribution is 2.49. The van der Waals surface area contributed by atoms with Crippen LogP contribution in [0, 0.1) is 29.2 Å². The molecule has 294 valence electrons. The molecule has 5 atom stereocenters. The maximum atomic E-state index is 14.2. The monoisotopic (exact) mass is 745 g/mol. The molecule has 3 aliphatic rings. The Balaban J connectivity index is 1.36. The molecule has 2 aromatic rings. The Morgan fingerprint density at radius 1 is 1.15 bits per heavy atom. The van der Waals surface area contributed by atoms with E-state index in [-0.39, 0.29) is 23.2 Å². The van der Waals surface area contributed by atoms with Gasteiger partial charge in [0.15, 0.2) is 28.8 Å². The van der Waals surface area contributed by atoms with Gasteiger partial charge in [-0.2, -0.15) is 0 Å². The summed E-state index contributed by atoms with van der Waals surface area (Å²) in [5, 5.41) is 44.0. The van der Waals surface area contributed by atoms with E-state index in [0.717, 1.165) is 56.1 Å². The van der Waals surface area contributed by atoms with Crippen LogP contribution in [0.2, 0.25) is 0 Å². The summed E-state index contributed by atoms with van der Waals surface area (Å²) in [6.07, 6.45) is 11.7. The number of methoxy groups -OCH3 is 1. The number of phenolic OH excluding ortho intramolecular Hbond substituents is 2. The number of carbonyl (C=O) groups is 1. The van der Waals surface area contributed by atoms with E-state index in [2.05, 4.69) is 38.2 Å². The molecule has 2 aliphatic carbocycles. The van der Waals surface area contributed by atoms with Crippen molar-refractivity contribution >= 4 is 17.4 Å². The molecule has 0 radical (unpaired) electrons. The van der Waals surface area contributed by atoms with Crippen LogP contribution >= 0.6 is 0 Å². The first-order valence-electron chi connectivity index (χ1n) is 19.3. The molecule has 0 amide bonds. The second-order valence-electron chi connectivity index (χ2n) is 15.1. The van der Waals surface area contributed by atoms with Crippen molar-refractivity contribution in [3.63, 3.8) is 0 Å². The zero-order valence-corrected chi connectivity index (χ0v) is 32.3. The lowest BCUT2D eigenvalue weighted by molar-refractivity contribution is -0.125. The van der Waals surface area contributed by atoms with Crippen LogP contribution in [0.3, 0.4) is 0 Å². The Morgan fingerprint density at radius 2 is 2.00 bits per heavy atom. The SMILES string of the molecule is CN=C1NC#CC[C@@H]2CCC[C@]2(Cc2ccc(O)c(OC)c2)C(=O)/C=C/CCc2cc(c(O)c(O[C@]3(CNC)CC[C@H](CCOCNC[C@H](C)O)C3)c2)N1. The van der Waals surface area contributed by atoms with E-state index in [1.165, 1.54) is 7.11 Å². The average molecular weight is 746 g/mol. The summed E-state index contributed by atoms with van der Waals surface area (Å²) in [4.78, 5) is 18.6. The Bertz CT molecular complexity index is 1700. The minimum absolute atomic E-state index is 0.00505. The van der Waals surface area contributed by atoms with Gasteiger partial charge in [0.05, 0.1) is 25.6 Å². The van der Waals surface area contributed by atoms with Crippen LogP contribution in [-0.2, 0) is 22.4 Å². The number of fused-ring (bicyclic) bond motifs is 3. The first-order chi connectivity index (χ1) is 26.1. The number of aromatic hydroxyl groups is 2. The number of aliphatic imine (C=N–C) groups is 1. The fourth-order valence-corrected chi connectivity index (χ4v) is 8.37. The maximum absolute atomic E-state index is 14.2. The van der Waals surface area contributed by atoms with Crippen LogP contribution in [0.25, 0.3) is 0 Å². The molecule has 2 saturated carbocycles. The second kappa shape index (κ2) is 19.4. The molecule has 1 aliphatic heterocycles. The van der Waals surface area contributed by atoms with Gasteiger partial charge < -0.3 is 40.2 Å². The third-order valence-electron chi connectivity index (χ3n) is 11.1. The van der Waals surface area contributed by atoms with Crippen molar-refractivity contribution in [3.8, 4) is 35.0 Å². The molecular weight excluding hydrogens is 686 g/mol. The lowest BCUT2D eigenvalue weighted by Gasteiger charge is -2.33. The first-order valence-corrected chi connectivity index (χ1v) is 19.3. The van der Waals surface area contributed by atoms with Crippen molar-refractivity contribution in [2.24, 2.45) is 22.2 Å². The van der Waals surface area contributed by atoms with Gasteiger partial charge in [0.2, 0.25) is 5.96 Å². The maximum Gasteiger partial charge on any atom is 0.207 e. The van der Waals surface area contributed by atoms with Crippen molar-refractivity contribution < 1.29 is 34.3 Å². The van der Waals surface area contributed by atoms with E-state index in [9.17, 15) is 20.1 Å². The highest BCUT2D eigenvalue weighted by Gasteiger charge is 2.47. The van der Waals surface area contributed by atoms with E-state index >= 15 is 0 Å². The number of hydrogen-bond acceptors (Lipinski definition) is 10. The Morgan fingerprint density at radius 3 is 2.78 bits per heavy atom. The smallest absolute Gasteiger partial charge is 0.207 e. The standard InChI is InChI=1S/C42H59N5O7/c1-29(48)26-45-28-53-20-16-30-15-18-41(24-30,27-43-2)54-37-22-31-9-5-6-12-38(50)42(25-32-13-14-35(49)36(23-32)52-4)17-7-10-33(42)11-8-19-46-40(44-3)47-34(21-31)39(37)51/h6,12-14,21-23,29-30,33,43,45,48-49,51H,5,7,9-11,15-18,20,24-28H2,1-4H3,(H2,44,46,47)/b12-6+/t29-,30+,33-,41+,42+/m0/s1. The molecule has 12 heteroatoms. The molecule has 12 nitrogen and oxygen atoms in total. The second-order valence-corrected chi connectivity index (χ2v) is 15.1. The van der Waals surface area contributed by atoms with Crippen LogP contribution in [0.15, 0.2) is 47.5 Å². The summed E-state index contributed by atoms with van der Waals surface area (Å²) in [5.74, 6) is 5.04. The van der Waals surface area contributed by atoms with E-state index in [0.29, 0.717) is 81.2 Å². The lowest BCUT2D eigenvalue weighted by atomic mass is 9.69. The number of rotatable bonds is 14. The Labute approximate surface area is 320 Å². The molecule has 0 unspecified atom stereocenters. The number of carbonyl (C=O) groups excluding carboxylic acids is 1. The fraction of sp³-hybridized carbons (Fsp3) is 0.571. The van der Waals surface area contributed by atoms with Crippen LogP contribution in [0.4, 0.5) is 5.69 Å². The summed E-state index contributed by atoms with van der Waals surface area (Å²) in [6, 6.07) is 12.2. The summed E-state index contributed by atoms with van der Waals surface area (Å²) in [5.41, 5.74) is 1.19. The Hall–Kier alpha value is -4.28. The minimum atomic E-state index is -0.626. The number of nitrogens with one attached hydrogen (secondary N) is 4. The topological polar surface area (TPSA) is 166 Å². The number of likely N-dealkylation sites (N-methyl/N-ethyl adjacent to an activating group) is 1. The normalized spacial score (nSPS) is 26.2. The minimum Gasteiger partial charge on any atom is -0.504 e. The van der Waals surface area contributed by atoms with E-state index < -0.39 is 17.1 Å². The average Bonchev–Trinajstić information content (AvgIpc) is 3.75. The molecule has 0 spiro atoms. The number of ether oxygens (including phenoxy) is 3. The third kappa shape index (κ3) is 10.5. The quantitative estimate of drug-likeness (QED) is 0.0601. The number of anilines is 1. The molecule has 5 rings (SSSR count). The predicted octanol–water partition coefficient (Wildman–Crippen LogP) is 5.02. The van der Waals surface area contributed by atoms with Gasteiger partial charge in [0.25, 0.3) is 0 Å². The van der Waals surface area contributed by atoms with Crippen LogP contribution in [-0.4, -0.2) is 86.4 Å². The van der Waals surface area contributed by atoms with Gasteiger partial charge in [-0.25, -0.2) is 0 Å². The van der Waals surface area contributed by atoms with Gasteiger partial charge in [-0.15, -0.1) is 0 Å². The summed E-state index contributed by atoms with van der Waals surface area (Å²) < 4.78 is 17.9. The van der Waals surface area contributed by atoms with Crippen molar-refractivity contribution in [1.82, 2.24) is 16.0 Å². The first kappa shape index (κ1) is 40.9. The number of phenols is 2. The number of hydrogen-bond donors (Lipinski definition) is 7. The predicted molar refractivity (Wildman–Crippen MR) is 211 cm³/mol. The van der Waals surface area contributed by atoms with Crippen LogP contribution in [0.1, 0.15) is 75.8 Å². The number of aliphatic hydroxyl groups excluding tert-OH is 1. The van der Waals surface area contributed by atoms with Crippen molar-refractivity contribution in [2.45, 2.75) is 89.3 Å². The van der Waals surface area contributed by atoms with E-state index in [1.54, 1.807) is 26.1 Å². The van der Waals surface area contributed by atoms with Gasteiger partial charge in [-0.3, -0.25) is 20.4 Å². The van der Waals surface area contributed by atoms with E-state index in [4.69, 9.17) is 14.2 Å². The number of aryl methyl sites for hydroxylation is 1. The van der Waals surface area contributed by atoms with Gasteiger partial charge in [0, 0.05) is 44.6 Å². The van der Waals surface area contributed by atoms with Gasteiger partial charge in [-0.1, -0.05) is 24.5 Å². The number of ketones is 1. The molecule has 7 N–H and O–H groups in total. The van der Waals surface area contributed by atoms with Crippen molar-refractivity contribution in [3.05, 3.63) is 53.6 Å². The molecule has 2 fully saturated rings. The molecule has 2 aromatic carbocycles. The van der Waals surface area contributed by atoms with Crippen LogP contribution in [0.5, 0.6) is 23.0 Å². The van der Waals surface area contributed by atoms with Gasteiger partial charge in [0.1, 0.15) is 5.60 Å². The van der Waals surface area contributed by atoms with Crippen molar-refractivity contribution in [2.75, 3.05) is 52.9 Å². The summed E-state index contributed by atoms with van der Waals surface area (Å²) >= 11 is 0. The van der Waals surface area contributed by atoms with Gasteiger partial charge >= 0.3 is 0 Å². The molecule has 0 aromatic heterocycles. The highest BCUT2D eigenvalue weighted by atomic mass is 16.5. The number of guanidine groups is 1. The zero-order chi connectivity index (χ0) is 38.6. The van der Waals surface area contributed by atoms with Gasteiger partial charge in [-0.05, 0) is 125 Å². The fourth-order valence-electron chi connectivity index (χ4n) is 8.37. The molecular formula is C42H59N5O7. The number of aliphatic hydroxyl groups is 1. The largest absolute Gasteiger partial charge is 0.504 e. The third-order valence-corrected chi connectivity index (χ3v) is 11.1. The molecule has 54 heavy (non-hydrogen) atoms. The number of allylic oxidation sites excluding steroid dienone is 2. The summed E-state index contributed by atoms with van der Waals surface area (Å²) in [7, 11) is 5.09.